The van der Waals surface area contributed by atoms with E-state index in [1.807, 2.05) is 30.3 Å². The fraction of sp³-hybridized carbons (Fsp3) is 0.235. The molecule has 1 atom stereocenters. The quantitative estimate of drug-likeness (QED) is 0.830. The van der Waals surface area contributed by atoms with Crippen LogP contribution in [-0.2, 0) is 16.1 Å². The maximum absolute atomic E-state index is 11.4. The van der Waals surface area contributed by atoms with Gasteiger partial charge in [0.2, 0.25) is 0 Å². The Hall–Kier alpha value is -2.33. The first-order valence-electron chi connectivity index (χ1n) is 6.82. The Kier molecular flexibility index (Phi) is 5.35. The van der Waals surface area contributed by atoms with Crippen molar-refractivity contribution in [2.45, 2.75) is 19.6 Å². The zero-order valence-corrected chi connectivity index (χ0v) is 11.9. The van der Waals surface area contributed by atoms with Crippen LogP contribution in [0.3, 0.4) is 0 Å². The first kappa shape index (κ1) is 15.1. The lowest BCUT2D eigenvalue weighted by molar-refractivity contribution is -0.153. The van der Waals surface area contributed by atoms with E-state index in [1.165, 1.54) is 0 Å². The molecule has 0 heterocycles. The van der Waals surface area contributed by atoms with Crippen LogP contribution in [0.4, 0.5) is 0 Å². The van der Waals surface area contributed by atoms with Crippen molar-refractivity contribution in [2.75, 3.05) is 6.61 Å². The topological polar surface area (TPSA) is 55.8 Å². The molecular weight excluding hydrogens is 268 g/mol. The summed E-state index contributed by atoms with van der Waals surface area (Å²) in [5.41, 5.74) is 1.56. The van der Waals surface area contributed by atoms with Crippen molar-refractivity contribution in [3.8, 4) is 5.75 Å². The predicted molar refractivity (Wildman–Crippen MR) is 78.8 cm³/mol. The molecule has 0 saturated heterocycles. The molecule has 0 aliphatic rings. The van der Waals surface area contributed by atoms with Gasteiger partial charge in [0.05, 0.1) is 6.61 Å². The van der Waals surface area contributed by atoms with E-state index in [9.17, 15) is 9.90 Å². The zero-order valence-electron chi connectivity index (χ0n) is 11.9. The first-order valence-corrected chi connectivity index (χ1v) is 6.82. The molecule has 0 bridgehead atoms. The smallest absolute Gasteiger partial charge is 0.339 e. The summed E-state index contributed by atoms with van der Waals surface area (Å²) in [6.07, 6.45) is -1.26. The van der Waals surface area contributed by atoms with E-state index in [2.05, 4.69) is 0 Å². The molecule has 1 N–H and O–H groups in total. The summed E-state index contributed by atoms with van der Waals surface area (Å²) in [7, 11) is 0. The fourth-order valence-corrected chi connectivity index (χ4v) is 1.84. The molecular formula is C17H18O4. The molecule has 0 radical (unpaired) electrons. The molecule has 0 saturated carbocycles. The van der Waals surface area contributed by atoms with Gasteiger partial charge in [0, 0.05) is 0 Å². The van der Waals surface area contributed by atoms with Gasteiger partial charge in [0.1, 0.15) is 12.4 Å². The maximum Gasteiger partial charge on any atom is 0.339 e. The van der Waals surface area contributed by atoms with Gasteiger partial charge in [0.25, 0.3) is 0 Å². The minimum atomic E-state index is -1.26. The van der Waals surface area contributed by atoms with Gasteiger partial charge >= 0.3 is 5.97 Å². The number of benzene rings is 2. The Morgan fingerprint density at radius 2 is 1.76 bits per heavy atom. The number of hydrogen-bond donors (Lipinski definition) is 1. The average molecular weight is 286 g/mol. The number of hydrogen-bond acceptors (Lipinski definition) is 4. The number of esters is 1. The second kappa shape index (κ2) is 7.45. The second-order valence-electron chi connectivity index (χ2n) is 4.50. The third kappa shape index (κ3) is 4.33. The Morgan fingerprint density at radius 1 is 1.10 bits per heavy atom. The second-order valence-corrected chi connectivity index (χ2v) is 4.50. The minimum Gasteiger partial charge on any atom is -0.489 e. The fourth-order valence-electron chi connectivity index (χ4n) is 1.84. The van der Waals surface area contributed by atoms with Crippen molar-refractivity contribution in [3.05, 3.63) is 65.7 Å². The van der Waals surface area contributed by atoms with Crippen LogP contribution in [-0.4, -0.2) is 17.7 Å². The van der Waals surface area contributed by atoms with Crippen LogP contribution in [0.2, 0.25) is 0 Å². The lowest BCUT2D eigenvalue weighted by atomic mass is 10.1. The molecule has 110 valence electrons. The van der Waals surface area contributed by atoms with Crippen LogP contribution in [0.1, 0.15) is 24.2 Å². The molecule has 0 aliphatic carbocycles. The van der Waals surface area contributed by atoms with E-state index in [1.54, 1.807) is 31.2 Å². The van der Waals surface area contributed by atoms with Gasteiger partial charge in [-0.2, -0.15) is 0 Å². The van der Waals surface area contributed by atoms with E-state index in [0.29, 0.717) is 17.9 Å². The molecule has 2 aromatic rings. The van der Waals surface area contributed by atoms with Crippen LogP contribution < -0.4 is 4.74 Å². The summed E-state index contributed by atoms with van der Waals surface area (Å²) >= 11 is 0. The predicted octanol–water partition coefficient (Wildman–Crippen LogP) is 2.86. The van der Waals surface area contributed by atoms with Crippen molar-refractivity contribution in [3.63, 3.8) is 0 Å². The van der Waals surface area contributed by atoms with Crippen LogP contribution in [0.15, 0.2) is 54.6 Å². The number of aliphatic hydroxyl groups excluding tert-OH is 1. The van der Waals surface area contributed by atoms with Gasteiger partial charge in [-0.05, 0) is 30.2 Å². The average Bonchev–Trinajstić information content (AvgIpc) is 2.54. The van der Waals surface area contributed by atoms with Gasteiger partial charge in [-0.3, -0.25) is 0 Å². The summed E-state index contributed by atoms with van der Waals surface area (Å²) in [6.45, 7) is 2.42. The molecule has 21 heavy (non-hydrogen) atoms. The molecule has 4 heteroatoms. The van der Waals surface area contributed by atoms with Crippen molar-refractivity contribution >= 4 is 5.97 Å². The summed E-state index contributed by atoms with van der Waals surface area (Å²) in [5, 5.41) is 9.80. The van der Waals surface area contributed by atoms with E-state index in [4.69, 9.17) is 9.47 Å². The molecule has 0 unspecified atom stereocenters. The maximum atomic E-state index is 11.4. The van der Waals surface area contributed by atoms with Gasteiger partial charge < -0.3 is 14.6 Å². The highest BCUT2D eigenvalue weighted by atomic mass is 16.5. The molecule has 2 rings (SSSR count). The number of rotatable bonds is 6. The van der Waals surface area contributed by atoms with Gasteiger partial charge in [0.15, 0.2) is 6.10 Å². The van der Waals surface area contributed by atoms with Gasteiger partial charge in [-0.25, -0.2) is 4.79 Å². The molecule has 0 spiro atoms. The van der Waals surface area contributed by atoms with Crippen molar-refractivity contribution in [2.24, 2.45) is 0 Å². The van der Waals surface area contributed by atoms with Crippen LogP contribution in [0.5, 0.6) is 5.75 Å². The summed E-state index contributed by atoms with van der Waals surface area (Å²) in [5.74, 6) is 0.0362. The number of ether oxygens (including phenoxy) is 2. The van der Waals surface area contributed by atoms with Gasteiger partial charge in [-0.15, -0.1) is 0 Å². The van der Waals surface area contributed by atoms with Crippen molar-refractivity contribution < 1.29 is 19.4 Å². The molecule has 0 aromatic heterocycles. The van der Waals surface area contributed by atoms with E-state index in [0.717, 1.165) is 5.56 Å². The summed E-state index contributed by atoms with van der Waals surface area (Å²) in [4.78, 5) is 11.4. The molecule has 2 aromatic carbocycles. The largest absolute Gasteiger partial charge is 0.489 e. The Labute approximate surface area is 123 Å². The number of carbonyl (C=O) groups is 1. The van der Waals surface area contributed by atoms with Crippen LogP contribution in [0, 0.1) is 0 Å². The Bertz CT molecular complexity index is 563. The minimum absolute atomic E-state index is 0.244. The summed E-state index contributed by atoms with van der Waals surface area (Å²) < 4.78 is 10.4. The lowest BCUT2D eigenvalue weighted by Crippen LogP contribution is -2.15. The normalized spacial score (nSPS) is 11.7. The first-order chi connectivity index (χ1) is 10.2. The summed E-state index contributed by atoms with van der Waals surface area (Å²) in [6, 6.07) is 16.6. The third-order valence-corrected chi connectivity index (χ3v) is 2.95. The van der Waals surface area contributed by atoms with E-state index in [-0.39, 0.29) is 6.61 Å². The van der Waals surface area contributed by atoms with Crippen LogP contribution >= 0.6 is 0 Å². The molecule has 0 fully saturated rings. The number of aliphatic hydroxyl groups is 1. The third-order valence-electron chi connectivity index (χ3n) is 2.95. The lowest BCUT2D eigenvalue weighted by Gasteiger charge is -2.11. The standard InChI is InChI=1S/C17H18O4/c1-2-20-17(19)16(18)14-8-10-15(11-9-14)21-12-13-6-4-3-5-7-13/h3-11,16,18H,2,12H2,1H3/t16-/m1/s1. The highest BCUT2D eigenvalue weighted by molar-refractivity contribution is 5.76. The van der Waals surface area contributed by atoms with Crippen molar-refractivity contribution in [1.82, 2.24) is 0 Å². The molecule has 0 amide bonds. The Morgan fingerprint density at radius 3 is 2.38 bits per heavy atom. The highest BCUT2D eigenvalue weighted by Gasteiger charge is 2.18. The number of carbonyl (C=O) groups excluding carboxylic acids is 1. The SMILES string of the molecule is CCOC(=O)[C@H](O)c1ccc(OCc2ccccc2)cc1. The molecule has 4 nitrogen and oxygen atoms in total. The van der Waals surface area contributed by atoms with E-state index < -0.39 is 12.1 Å². The highest BCUT2D eigenvalue weighted by Crippen LogP contribution is 2.19. The van der Waals surface area contributed by atoms with Crippen LogP contribution in [0.25, 0.3) is 0 Å². The Balaban J connectivity index is 1.94. The monoisotopic (exact) mass is 286 g/mol. The molecule has 0 aliphatic heterocycles. The van der Waals surface area contributed by atoms with Gasteiger partial charge in [-0.1, -0.05) is 42.5 Å². The van der Waals surface area contributed by atoms with E-state index >= 15 is 0 Å². The zero-order chi connectivity index (χ0) is 15.1. The van der Waals surface area contributed by atoms with Crippen molar-refractivity contribution in [1.29, 1.82) is 0 Å².